The molecule has 8 nitrogen and oxygen atoms in total. The first-order chi connectivity index (χ1) is 18.3. The monoisotopic (exact) mass is 535 g/mol. The third-order valence-corrected chi connectivity index (χ3v) is 8.66. The molecule has 0 aliphatic heterocycles. The summed E-state index contributed by atoms with van der Waals surface area (Å²) in [5, 5.41) is 0.879. The molecule has 2 fully saturated rings. The van der Waals surface area contributed by atoms with Crippen molar-refractivity contribution >= 4 is 32.5 Å². The van der Waals surface area contributed by atoms with E-state index < -0.39 is 16.0 Å². The van der Waals surface area contributed by atoms with E-state index in [9.17, 15) is 12.8 Å². The number of halogens is 1. The summed E-state index contributed by atoms with van der Waals surface area (Å²) in [6, 6.07) is 15.8. The van der Waals surface area contributed by atoms with E-state index in [1.807, 2.05) is 31.2 Å². The lowest BCUT2D eigenvalue weighted by atomic mass is 9.92. The van der Waals surface area contributed by atoms with Crippen LogP contribution in [0, 0.1) is 11.7 Å². The molecule has 0 bridgehead atoms. The molecule has 10 heteroatoms. The second-order valence-corrected chi connectivity index (χ2v) is 11.7. The number of ether oxygens (including phenoxy) is 1. The van der Waals surface area contributed by atoms with Crippen molar-refractivity contribution in [3.05, 3.63) is 66.6 Å². The Morgan fingerprint density at radius 3 is 2.53 bits per heavy atom. The highest BCUT2D eigenvalue weighted by atomic mass is 32.2. The summed E-state index contributed by atoms with van der Waals surface area (Å²) in [6.07, 6.45) is 6.78. The van der Waals surface area contributed by atoms with Gasteiger partial charge in [-0.15, -0.1) is 0 Å². The van der Waals surface area contributed by atoms with Crippen LogP contribution >= 0.6 is 0 Å². The Bertz CT molecular complexity index is 1600. The predicted octanol–water partition coefficient (Wildman–Crippen LogP) is 5.99. The van der Waals surface area contributed by atoms with E-state index in [0.717, 1.165) is 54.3 Å². The van der Waals surface area contributed by atoms with E-state index in [-0.39, 0.29) is 18.0 Å². The number of hydrogen-bond donors (Lipinski definition) is 3. The summed E-state index contributed by atoms with van der Waals surface area (Å²) in [5.74, 6) is 0.271. The summed E-state index contributed by atoms with van der Waals surface area (Å²) in [4.78, 5) is 3.99. The van der Waals surface area contributed by atoms with Crippen LogP contribution in [0.5, 0.6) is 11.6 Å². The molecule has 1 atom stereocenters. The molecule has 4 N–H and O–H groups in total. The summed E-state index contributed by atoms with van der Waals surface area (Å²) < 4.78 is 52.5. The van der Waals surface area contributed by atoms with Crippen LogP contribution in [0.3, 0.4) is 0 Å². The molecule has 198 valence electrons. The lowest BCUT2D eigenvalue weighted by Gasteiger charge is -2.30. The molecule has 38 heavy (non-hydrogen) atoms. The third kappa shape index (κ3) is 4.81. The van der Waals surface area contributed by atoms with Crippen LogP contribution in [-0.2, 0) is 10.2 Å². The number of nitrogens with zero attached hydrogens (tertiary/aromatic N) is 2. The number of pyridine rings is 1. The molecule has 4 aromatic rings. The zero-order valence-corrected chi connectivity index (χ0v) is 21.8. The smallest absolute Gasteiger partial charge is 0.299 e. The summed E-state index contributed by atoms with van der Waals surface area (Å²) in [7, 11) is -3.67. The standard InChI is InChI=1S/C28H30FN5O3S/c1-17(18-7-8-18)32-38(35,36)33-20-11-9-19(10-12-20)27-26(30)23-14-13-22(37-28-24(29)6-3-15-31-28)16-25(23)34(27)21-4-2-5-21/h3,6,9-18,21,32-33H,2,4-5,7-8,30H2,1H3/t17-/m0/s1. The van der Waals surface area contributed by atoms with Crippen LogP contribution in [0.15, 0.2) is 60.8 Å². The molecule has 2 aliphatic carbocycles. The first-order valence-electron chi connectivity index (χ1n) is 12.9. The van der Waals surface area contributed by atoms with Crippen LogP contribution in [0.1, 0.15) is 45.1 Å². The number of nitrogen functional groups attached to an aromatic ring is 1. The maximum atomic E-state index is 14.1. The van der Waals surface area contributed by atoms with E-state index in [1.165, 1.54) is 18.3 Å². The third-order valence-electron chi connectivity index (χ3n) is 7.47. The molecular formula is C28H30FN5O3S. The van der Waals surface area contributed by atoms with Gasteiger partial charge in [0, 0.05) is 41.0 Å². The first kappa shape index (κ1) is 24.7. The highest BCUT2D eigenvalue weighted by Gasteiger charge is 2.31. The largest absolute Gasteiger partial charge is 0.436 e. The highest BCUT2D eigenvalue weighted by Crippen LogP contribution is 2.45. The first-order valence-corrected chi connectivity index (χ1v) is 14.4. The summed E-state index contributed by atoms with van der Waals surface area (Å²) in [6.45, 7) is 1.89. The molecule has 0 radical (unpaired) electrons. The maximum Gasteiger partial charge on any atom is 0.299 e. The normalized spacial score (nSPS) is 16.8. The Morgan fingerprint density at radius 2 is 1.87 bits per heavy atom. The second-order valence-electron chi connectivity index (χ2n) is 10.2. The van der Waals surface area contributed by atoms with E-state index in [1.54, 1.807) is 18.2 Å². The van der Waals surface area contributed by atoms with Crippen molar-refractivity contribution in [1.82, 2.24) is 14.3 Å². The molecule has 0 amide bonds. The van der Waals surface area contributed by atoms with E-state index >= 15 is 0 Å². The van der Waals surface area contributed by atoms with Crippen LogP contribution in [0.4, 0.5) is 15.8 Å². The molecule has 2 aromatic heterocycles. The van der Waals surface area contributed by atoms with Crippen molar-refractivity contribution < 1.29 is 17.5 Å². The lowest BCUT2D eigenvalue weighted by molar-refractivity contribution is 0.324. The number of aromatic nitrogens is 2. The Hall–Kier alpha value is -3.63. The van der Waals surface area contributed by atoms with Gasteiger partial charge in [0.1, 0.15) is 5.75 Å². The van der Waals surface area contributed by atoms with Crippen molar-refractivity contribution in [1.29, 1.82) is 0 Å². The van der Waals surface area contributed by atoms with Gasteiger partial charge in [-0.2, -0.15) is 13.1 Å². The molecule has 0 saturated heterocycles. The fourth-order valence-electron chi connectivity index (χ4n) is 5.07. The van der Waals surface area contributed by atoms with Gasteiger partial charge < -0.3 is 15.0 Å². The Kier molecular flexibility index (Phi) is 6.23. The minimum atomic E-state index is -3.67. The quantitative estimate of drug-likeness (QED) is 0.244. The van der Waals surface area contributed by atoms with Crippen LogP contribution in [0.25, 0.3) is 22.2 Å². The molecule has 6 rings (SSSR count). The number of rotatable bonds is 9. The zero-order chi connectivity index (χ0) is 26.4. The Morgan fingerprint density at radius 1 is 1.11 bits per heavy atom. The lowest BCUT2D eigenvalue weighted by Crippen LogP contribution is -2.38. The number of hydrogen-bond acceptors (Lipinski definition) is 5. The number of fused-ring (bicyclic) bond motifs is 1. The fraction of sp³-hybridized carbons (Fsp3) is 0.321. The van der Waals surface area contributed by atoms with E-state index in [4.69, 9.17) is 10.5 Å². The van der Waals surface area contributed by atoms with Crippen molar-refractivity contribution in [3.8, 4) is 22.9 Å². The van der Waals surface area contributed by atoms with Gasteiger partial charge in [-0.25, -0.2) is 9.37 Å². The Labute approximate surface area is 221 Å². The van der Waals surface area contributed by atoms with Crippen molar-refractivity contribution in [2.45, 2.75) is 51.1 Å². The average Bonchev–Trinajstić information content (AvgIpc) is 3.66. The minimum absolute atomic E-state index is 0.0825. The van der Waals surface area contributed by atoms with Gasteiger partial charge in [-0.3, -0.25) is 4.72 Å². The van der Waals surface area contributed by atoms with Gasteiger partial charge in [0.25, 0.3) is 16.1 Å². The van der Waals surface area contributed by atoms with Crippen molar-refractivity contribution in [2.75, 3.05) is 10.5 Å². The summed E-state index contributed by atoms with van der Waals surface area (Å²) in [5.41, 5.74) is 10.5. The summed E-state index contributed by atoms with van der Waals surface area (Å²) >= 11 is 0. The van der Waals surface area contributed by atoms with Gasteiger partial charge in [-0.05, 0) is 81.3 Å². The average molecular weight is 536 g/mol. The molecule has 2 heterocycles. The Balaban J connectivity index is 1.32. The van der Waals surface area contributed by atoms with Crippen LogP contribution in [-0.4, -0.2) is 24.0 Å². The number of nitrogens with one attached hydrogen (secondary N) is 2. The SMILES string of the molecule is C[C@H](NS(=O)(=O)Nc1ccc(-c2c(N)c3ccc(Oc4ncccc4F)cc3n2C2CCC2)cc1)C1CC1. The zero-order valence-electron chi connectivity index (χ0n) is 21.0. The predicted molar refractivity (Wildman–Crippen MR) is 147 cm³/mol. The van der Waals surface area contributed by atoms with Gasteiger partial charge in [-0.1, -0.05) is 12.1 Å². The highest BCUT2D eigenvalue weighted by molar-refractivity contribution is 7.90. The number of nitrogens with two attached hydrogens (primary N) is 1. The maximum absolute atomic E-state index is 14.1. The molecular weight excluding hydrogens is 505 g/mol. The van der Waals surface area contributed by atoms with Crippen molar-refractivity contribution in [3.63, 3.8) is 0 Å². The molecule has 2 aliphatic rings. The topological polar surface area (TPSA) is 111 Å². The molecule has 2 aromatic carbocycles. The number of anilines is 2. The van der Waals surface area contributed by atoms with Gasteiger partial charge in [0.05, 0.1) is 16.9 Å². The van der Waals surface area contributed by atoms with Gasteiger partial charge >= 0.3 is 0 Å². The molecule has 0 unspecified atom stereocenters. The van der Waals surface area contributed by atoms with Crippen molar-refractivity contribution in [2.24, 2.45) is 5.92 Å². The van der Waals surface area contributed by atoms with Gasteiger partial charge in [0.2, 0.25) is 0 Å². The fourth-order valence-corrected chi connectivity index (χ4v) is 6.26. The second kappa shape index (κ2) is 9.59. The number of benzene rings is 2. The van der Waals surface area contributed by atoms with E-state index in [2.05, 4.69) is 19.0 Å². The van der Waals surface area contributed by atoms with E-state index in [0.29, 0.717) is 23.0 Å². The van der Waals surface area contributed by atoms with Gasteiger partial charge in [0.15, 0.2) is 5.82 Å². The molecule has 0 spiro atoms. The minimum Gasteiger partial charge on any atom is -0.436 e. The van der Waals surface area contributed by atoms with Crippen LogP contribution < -0.4 is 19.9 Å². The van der Waals surface area contributed by atoms with Crippen LogP contribution in [0.2, 0.25) is 0 Å². The molecule has 2 saturated carbocycles.